The van der Waals surface area contributed by atoms with Gasteiger partial charge in [0.2, 0.25) is 17.1 Å². The van der Waals surface area contributed by atoms with Crippen LogP contribution in [0.25, 0.3) is 17.2 Å². The van der Waals surface area contributed by atoms with Crippen LogP contribution in [0.4, 0.5) is 4.39 Å². The summed E-state index contributed by atoms with van der Waals surface area (Å²) in [6.45, 7) is 0.219. The zero-order valence-electron chi connectivity index (χ0n) is 12.6. The van der Waals surface area contributed by atoms with E-state index in [0.717, 1.165) is 4.57 Å². The summed E-state index contributed by atoms with van der Waals surface area (Å²) in [5.74, 6) is -0.892. The minimum absolute atomic E-state index is 0.0240. The van der Waals surface area contributed by atoms with Gasteiger partial charge in [0.1, 0.15) is 5.82 Å². The number of halogens is 2. The first-order valence-corrected chi connectivity index (χ1v) is 9.70. The predicted octanol–water partition coefficient (Wildman–Crippen LogP) is 1.60. The Balaban J connectivity index is 1.92. The van der Waals surface area contributed by atoms with E-state index in [2.05, 4.69) is 36.1 Å². The zero-order valence-corrected chi connectivity index (χ0v) is 15.8. The lowest BCUT2D eigenvalue weighted by Crippen LogP contribution is -2.19. The molecule has 0 amide bonds. The molecule has 1 unspecified atom stereocenters. The van der Waals surface area contributed by atoms with Crippen molar-refractivity contribution in [3.63, 3.8) is 0 Å². The molecule has 138 valence electrons. The molecule has 0 saturated heterocycles. The minimum Gasteiger partial charge on any atom is -0.295 e. The van der Waals surface area contributed by atoms with Crippen LogP contribution >= 0.6 is 27.7 Å². The average molecular weight is 466 g/mol. The number of hydrogen-bond acceptors (Lipinski definition) is 8. The van der Waals surface area contributed by atoms with Gasteiger partial charge >= 0.3 is 5.76 Å². The van der Waals surface area contributed by atoms with Crippen molar-refractivity contribution in [2.75, 3.05) is 12.3 Å². The maximum atomic E-state index is 13.4. The number of nitrogens with one attached hydrogen (secondary N) is 1. The van der Waals surface area contributed by atoms with Crippen molar-refractivity contribution in [2.24, 2.45) is 0 Å². The van der Waals surface area contributed by atoms with Crippen LogP contribution in [0.2, 0.25) is 0 Å². The van der Waals surface area contributed by atoms with Gasteiger partial charge in [-0.05, 0) is 44.4 Å². The van der Waals surface area contributed by atoms with E-state index >= 15 is 0 Å². The van der Waals surface area contributed by atoms with E-state index in [0.29, 0.717) is 16.5 Å². The van der Waals surface area contributed by atoms with Gasteiger partial charge in [0.05, 0.1) is 10.2 Å². The fourth-order valence-corrected chi connectivity index (χ4v) is 3.46. The Kier molecular flexibility index (Phi) is 5.98. The van der Waals surface area contributed by atoms with Crippen molar-refractivity contribution in [1.82, 2.24) is 24.8 Å². The van der Waals surface area contributed by atoms with E-state index in [9.17, 15) is 13.4 Å². The molecule has 3 rings (SSSR count). The van der Waals surface area contributed by atoms with Crippen molar-refractivity contribution >= 4 is 39.0 Å². The highest BCUT2D eigenvalue weighted by molar-refractivity contribution is 9.10. The van der Waals surface area contributed by atoms with Crippen molar-refractivity contribution in [3.8, 4) is 17.2 Å². The molecule has 0 fully saturated rings. The van der Waals surface area contributed by atoms with Crippen LogP contribution in [0, 0.1) is 5.82 Å². The van der Waals surface area contributed by atoms with E-state index in [1.54, 1.807) is 0 Å². The summed E-state index contributed by atoms with van der Waals surface area (Å²) >= 11 is 2.11. The number of hydrogen-bond donors (Lipinski definition) is 2. The maximum absolute atomic E-state index is 13.4. The highest BCUT2D eigenvalue weighted by Gasteiger charge is 2.23. The van der Waals surface area contributed by atoms with Crippen LogP contribution in [0.15, 0.2) is 41.6 Å². The third-order valence-electron chi connectivity index (χ3n) is 3.00. The molecule has 1 aromatic carbocycles. The summed E-state index contributed by atoms with van der Waals surface area (Å²) in [6.07, 6.45) is 0. The van der Waals surface area contributed by atoms with E-state index in [-0.39, 0.29) is 22.5 Å². The summed E-state index contributed by atoms with van der Waals surface area (Å²) in [5.41, 5.74) is 0.447. The Morgan fingerprint density at radius 2 is 2.19 bits per heavy atom. The van der Waals surface area contributed by atoms with E-state index in [1.165, 1.54) is 30.0 Å². The lowest BCUT2D eigenvalue weighted by molar-refractivity contribution is 0.299. The van der Waals surface area contributed by atoms with Crippen LogP contribution in [0.1, 0.15) is 0 Å². The number of rotatable bonds is 7. The van der Waals surface area contributed by atoms with E-state index in [4.69, 9.17) is 13.7 Å². The Morgan fingerprint density at radius 1 is 1.38 bits per heavy atom. The third kappa shape index (κ3) is 4.09. The molecule has 26 heavy (non-hydrogen) atoms. The number of benzene rings is 1. The Morgan fingerprint density at radius 3 is 2.92 bits per heavy atom. The van der Waals surface area contributed by atoms with Gasteiger partial charge in [-0.2, -0.15) is 0 Å². The van der Waals surface area contributed by atoms with Crippen molar-refractivity contribution in [3.05, 3.63) is 39.0 Å². The largest absolute Gasteiger partial charge is 0.446 e. The first-order valence-electron chi connectivity index (χ1n) is 6.81. The number of thioether (sulfide) groups is 1. The monoisotopic (exact) mass is 465 g/mol. The molecule has 2 aromatic heterocycles. The molecule has 1 atom stereocenters. The summed E-state index contributed by atoms with van der Waals surface area (Å²) in [4.78, 5) is 12.0. The molecule has 2 heterocycles. The fraction of sp³-hybridized carbons (Fsp3) is 0.167. The van der Waals surface area contributed by atoms with Crippen LogP contribution in [-0.4, -0.2) is 41.1 Å². The molecule has 0 aliphatic rings. The third-order valence-corrected chi connectivity index (χ3v) is 5.01. The Bertz CT molecular complexity index is 1010. The molecule has 2 N–H and O–H groups in total. The second-order valence-corrected chi connectivity index (χ2v) is 7.34. The molecule has 0 aliphatic carbocycles. The van der Waals surface area contributed by atoms with Gasteiger partial charge in [-0.3, -0.25) is 9.08 Å². The topological polar surface area (TPSA) is 136 Å². The van der Waals surface area contributed by atoms with Gasteiger partial charge in [-0.15, -0.1) is 0 Å². The van der Waals surface area contributed by atoms with Crippen LogP contribution < -0.4 is 10.5 Å². The molecule has 10 nitrogen and oxygen atoms in total. The smallest absolute Gasteiger partial charge is 0.295 e. The Hall–Kier alpha value is -1.87. The molecular formula is C12H9BrFN5O5S2. The minimum atomic E-state index is -2.12. The fourth-order valence-electron chi connectivity index (χ4n) is 1.94. The Labute approximate surface area is 159 Å². The number of nitrogens with zero attached hydrogens (tertiary/aromatic N) is 4. The van der Waals surface area contributed by atoms with Crippen LogP contribution in [0.3, 0.4) is 0 Å². The maximum Gasteiger partial charge on any atom is 0.446 e. The molecule has 0 spiro atoms. The van der Waals surface area contributed by atoms with Gasteiger partial charge in [-0.1, -0.05) is 16.9 Å². The first kappa shape index (κ1) is 18.9. The molecule has 3 aromatic rings. The van der Waals surface area contributed by atoms with Crippen molar-refractivity contribution < 1.29 is 22.3 Å². The van der Waals surface area contributed by atoms with Crippen molar-refractivity contribution in [2.45, 2.75) is 5.03 Å². The summed E-state index contributed by atoms with van der Waals surface area (Å²) < 4.78 is 45.6. The highest BCUT2D eigenvalue weighted by atomic mass is 79.9. The normalized spacial score (nSPS) is 12.4. The second-order valence-electron chi connectivity index (χ2n) is 4.62. The molecular weight excluding hydrogens is 457 g/mol. The second kappa shape index (κ2) is 8.22. The van der Waals surface area contributed by atoms with Gasteiger partial charge in [0.15, 0.2) is 10.7 Å². The SMILES string of the molecule is O=c1onc(-c2nonc2SCCNS(=O)O)n1-c1ccc(F)c(Br)c1. The van der Waals surface area contributed by atoms with E-state index in [1.807, 2.05) is 0 Å². The predicted molar refractivity (Wildman–Crippen MR) is 92.5 cm³/mol. The molecule has 0 aliphatic heterocycles. The lowest BCUT2D eigenvalue weighted by atomic mass is 10.3. The lowest BCUT2D eigenvalue weighted by Gasteiger charge is -2.04. The van der Waals surface area contributed by atoms with E-state index < -0.39 is 22.8 Å². The summed E-state index contributed by atoms with van der Waals surface area (Å²) in [7, 11) is 0. The summed E-state index contributed by atoms with van der Waals surface area (Å²) in [5, 5.41) is 11.5. The first-order chi connectivity index (χ1) is 12.5. The van der Waals surface area contributed by atoms with Gasteiger partial charge in [0, 0.05) is 12.3 Å². The summed E-state index contributed by atoms with van der Waals surface area (Å²) in [6, 6.07) is 3.95. The highest BCUT2D eigenvalue weighted by Crippen LogP contribution is 2.28. The molecule has 14 heteroatoms. The van der Waals surface area contributed by atoms with Crippen LogP contribution in [0.5, 0.6) is 0 Å². The van der Waals surface area contributed by atoms with Crippen LogP contribution in [-0.2, 0) is 11.3 Å². The van der Waals surface area contributed by atoms with Gasteiger partial charge < -0.3 is 0 Å². The zero-order chi connectivity index (χ0) is 18.7. The molecule has 0 saturated carbocycles. The quantitative estimate of drug-likeness (QED) is 0.302. The van der Waals surface area contributed by atoms with Gasteiger partial charge in [0.25, 0.3) is 0 Å². The van der Waals surface area contributed by atoms with Gasteiger partial charge in [-0.25, -0.2) is 27.3 Å². The standard InChI is InChI=1S/C12H9BrFN5O5S2/c13-7-5-6(1-2-8(7)14)19-10(17-23-12(19)20)9-11(18-24-16-9)25-4-3-15-26(21)22/h1-2,5,15H,3-4H2,(H,21,22). The average Bonchev–Trinajstić information content (AvgIpc) is 3.20. The molecule has 0 bridgehead atoms. The van der Waals surface area contributed by atoms with Crippen molar-refractivity contribution in [1.29, 1.82) is 0 Å². The number of aromatic nitrogens is 4. The molecule has 0 radical (unpaired) electrons.